The molecular weight excluding hydrogens is 338 g/mol. The number of benzene rings is 1. The molecule has 0 saturated heterocycles. The Kier molecular flexibility index (Phi) is 6.23. The zero-order valence-electron chi connectivity index (χ0n) is 13.1. The van der Waals surface area contributed by atoms with E-state index in [0.717, 1.165) is 0 Å². The lowest BCUT2D eigenvalue weighted by Crippen LogP contribution is -2.16. The third kappa shape index (κ3) is 5.11. The van der Waals surface area contributed by atoms with Crippen LogP contribution in [0.1, 0.15) is 13.8 Å². The van der Waals surface area contributed by atoms with Crippen LogP contribution < -0.4 is 10.1 Å². The second-order valence-corrected chi connectivity index (χ2v) is 6.60. The topological polar surface area (TPSA) is 81.9 Å². The summed E-state index contributed by atoms with van der Waals surface area (Å²) in [6, 6.07) is 5.05. The number of methoxy groups -OCH3 is 1. The minimum absolute atomic E-state index is 0.185. The lowest BCUT2D eigenvalue weighted by molar-refractivity contribution is -0.113. The van der Waals surface area contributed by atoms with E-state index in [-0.39, 0.29) is 11.7 Å². The number of anilines is 1. The highest BCUT2D eigenvalue weighted by molar-refractivity contribution is 7.99. The van der Waals surface area contributed by atoms with E-state index in [4.69, 9.17) is 16.3 Å². The molecule has 0 radical (unpaired) electrons. The first-order valence-electron chi connectivity index (χ1n) is 7.02. The van der Waals surface area contributed by atoms with Gasteiger partial charge >= 0.3 is 0 Å². The number of carbonyl (C=O) groups is 1. The van der Waals surface area contributed by atoms with Crippen LogP contribution in [0.5, 0.6) is 5.75 Å². The maximum atomic E-state index is 12.1. The molecule has 0 aliphatic carbocycles. The van der Waals surface area contributed by atoms with Crippen LogP contribution in [0.3, 0.4) is 0 Å². The molecule has 9 heteroatoms. The van der Waals surface area contributed by atoms with Gasteiger partial charge in [-0.15, -0.1) is 5.10 Å². The van der Waals surface area contributed by atoms with Crippen molar-refractivity contribution in [2.45, 2.75) is 25.5 Å². The van der Waals surface area contributed by atoms with E-state index in [1.165, 1.54) is 18.9 Å². The van der Waals surface area contributed by atoms with Gasteiger partial charge in [0.1, 0.15) is 5.75 Å². The number of thioether (sulfide) groups is 1. The van der Waals surface area contributed by atoms with Gasteiger partial charge in [0.2, 0.25) is 11.1 Å². The van der Waals surface area contributed by atoms with Crippen LogP contribution >= 0.6 is 23.4 Å². The Balaban J connectivity index is 1.96. The van der Waals surface area contributed by atoms with Crippen molar-refractivity contribution < 1.29 is 9.53 Å². The van der Waals surface area contributed by atoms with Crippen molar-refractivity contribution in [1.82, 2.24) is 20.2 Å². The number of tetrazole rings is 1. The van der Waals surface area contributed by atoms with E-state index < -0.39 is 0 Å². The first-order chi connectivity index (χ1) is 11.0. The van der Waals surface area contributed by atoms with Gasteiger partial charge in [-0.05, 0) is 34.5 Å². The maximum absolute atomic E-state index is 12.1. The molecular formula is C14H18ClN5O2S. The summed E-state index contributed by atoms with van der Waals surface area (Å²) < 4.78 is 6.89. The average molecular weight is 356 g/mol. The van der Waals surface area contributed by atoms with Crippen molar-refractivity contribution in [1.29, 1.82) is 0 Å². The van der Waals surface area contributed by atoms with Crippen LogP contribution in [0.4, 0.5) is 5.69 Å². The van der Waals surface area contributed by atoms with E-state index in [9.17, 15) is 4.79 Å². The summed E-state index contributed by atoms with van der Waals surface area (Å²) in [6.45, 7) is 4.86. The zero-order chi connectivity index (χ0) is 16.8. The number of halogens is 1. The van der Waals surface area contributed by atoms with Crippen LogP contribution in [0.25, 0.3) is 0 Å². The van der Waals surface area contributed by atoms with Crippen molar-refractivity contribution >= 4 is 35.0 Å². The standard InChI is InChI=1S/C14H18ClN5O2S/c1-9(2)7-20-14(17-18-19-20)23-8-13(21)16-11-6-10(15)4-5-12(11)22-3/h4-6,9H,7-8H2,1-3H3,(H,16,21). The van der Waals surface area contributed by atoms with Crippen LogP contribution in [0.15, 0.2) is 23.4 Å². The lowest BCUT2D eigenvalue weighted by Gasteiger charge is -2.10. The van der Waals surface area contributed by atoms with E-state index in [1.807, 2.05) is 0 Å². The Morgan fingerprint density at radius 1 is 1.48 bits per heavy atom. The van der Waals surface area contributed by atoms with Crippen LogP contribution in [-0.4, -0.2) is 39.0 Å². The number of hydrogen-bond acceptors (Lipinski definition) is 6. The number of carbonyl (C=O) groups excluding carboxylic acids is 1. The molecule has 7 nitrogen and oxygen atoms in total. The average Bonchev–Trinajstić information content (AvgIpc) is 2.92. The van der Waals surface area contributed by atoms with Gasteiger partial charge < -0.3 is 10.1 Å². The second kappa shape index (κ2) is 8.16. The molecule has 0 aliphatic heterocycles. The first kappa shape index (κ1) is 17.6. The minimum atomic E-state index is -0.185. The van der Waals surface area contributed by atoms with Gasteiger partial charge in [0.15, 0.2) is 0 Å². The van der Waals surface area contributed by atoms with Gasteiger partial charge in [-0.2, -0.15) is 0 Å². The summed E-state index contributed by atoms with van der Waals surface area (Å²) in [6.07, 6.45) is 0. The molecule has 0 aliphatic rings. The van der Waals surface area contributed by atoms with Gasteiger partial charge in [0.05, 0.1) is 18.6 Å². The molecule has 0 atom stereocenters. The molecule has 2 rings (SSSR count). The number of nitrogens with one attached hydrogen (secondary N) is 1. The summed E-state index contributed by atoms with van der Waals surface area (Å²) in [5.41, 5.74) is 0.535. The number of hydrogen-bond donors (Lipinski definition) is 1. The molecule has 0 spiro atoms. The highest BCUT2D eigenvalue weighted by atomic mass is 35.5. The summed E-state index contributed by atoms with van der Waals surface area (Å²) >= 11 is 7.22. The predicted octanol–water partition coefficient (Wildman–Crippen LogP) is 2.72. The SMILES string of the molecule is COc1ccc(Cl)cc1NC(=O)CSc1nnnn1CC(C)C. The fourth-order valence-corrected chi connectivity index (χ4v) is 2.71. The van der Waals surface area contributed by atoms with Crippen LogP contribution in [0, 0.1) is 5.92 Å². The van der Waals surface area contributed by atoms with E-state index in [1.54, 1.807) is 22.9 Å². The molecule has 2 aromatic rings. The third-order valence-electron chi connectivity index (χ3n) is 2.81. The van der Waals surface area contributed by atoms with Crippen molar-refractivity contribution in [2.24, 2.45) is 5.92 Å². The van der Waals surface area contributed by atoms with Crippen molar-refractivity contribution in [3.8, 4) is 5.75 Å². The molecule has 124 valence electrons. The quantitative estimate of drug-likeness (QED) is 0.769. The number of ether oxygens (including phenoxy) is 1. The molecule has 0 bridgehead atoms. The largest absolute Gasteiger partial charge is 0.495 e. The number of rotatable bonds is 7. The predicted molar refractivity (Wildman–Crippen MR) is 90.0 cm³/mol. The highest BCUT2D eigenvalue weighted by Gasteiger charge is 2.13. The molecule has 1 amide bonds. The van der Waals surface area contributed by atoms with Gasteiger partial charge in [0.25, 0.3) is 0 Å². The van der Waals surface area contributed by atoms with Crippen molar-refractivity contribution in [2.75, 3.05) is 18.2 Å². The lowest BCUT2D eigenvalue weighted by atomic mass is 10.2. The van der Waals surface area contributed by atoms with Crippen LogP contribution in [0.2, 0.25) is 5.02 Å². The maximum Gasteiger partial charge on any atom is 0.234 e. The normalized spacial score (nSPS) is 10.8. The van der Waals surface area contributed by atoms with Gasteiger partial charge in [-0.1, -0.05) is 37.2 Å². The van der Waals surface area contributed by atoms with Crippen molar-refractivity contribution in [3.63, 3.8) is 0 Å². The molecule has 0 saturated carbocycles. The van der Waals surface area contributed by atoms with E-state index in [2.05, 4.69) is 34.7 Å². The summed E-state index contributed by atoms with van der Waals surface area (Å²) in [5, 5.41) is 15.4. The fraction of sp³-hybridized carbons (Fsp3) is 0.429. The Labute approximate surface area is 143 Å². The fourth-order valence-electron chi connectivity index (χ4n) is 1.85. The molecule has 0 fully saturated rings. The summed E-state index contributed by atoms with van der Waals surface area (Å²) in [4.78, 5) is 12.1. The number of aromatic nitrogens is 4. The first-order valence-corrected chi connectivity index (χ1v) is 8.38. The Morgan fingerprint density at radius 3 is 2.96 bits per heavy atom. The number of nitrogens with zero attached hydrogens (tertiary/aromatic N) is 4. The summed E-state index contributed by atoms with van der Waals surface area (Å²) in [7, 11) is 1.54. The highest BCUT2D eigenvalue weighted by Crippen LogP contribution is 2.28. The van der Waals surface area contributed by atoms with Gasteiger partial charge in [-0.3, -0.25) is 4.79 Å². The zero-order valence-corrected chi connectivity index (χ0v) is 14.7. The smallest absolute Gasteiger partial charge is 0.234 e. The summed E-state index contributed by atoms with van der Waals surface area (Å²) in [5.74, 6) is 0.975. The second-order valence-electron chi connectivity index (χ2n) is 5.22. The van der Waals surface area contributed by atoms with Crippen molar-refractivity contribution in [3.05, 3.63) is 23.2 Å². The minimum Gasteiger partial charge on any atom is -0.495 e. The monoisotopic (exact) mass is 355 g/mol. The molecule has 1 heterocycles. The Bertz CT molecular complexity index is 677. The van der Waals surface area contributed by atoms with E-state index >= 15 is 0 Å². The number of amides is 1. The Hall–Kier alpha value is -1.80. The molecule has 1 aromatic carbocycles. The molecule has 23 heavy (non-hydrogen) atoms. The Morgan fingerprint density at radius 2 is 2.26 bits per heavy atom. The van der Waals surface area contributed by atoms with Gasteiger partial charge in [-0.25, -0.2) is 4.68 Å². The van der Waals surface area contributed by atoms with Gasteiger partial charge in [0, 0.05) is 11.6 Å². The third-order valence-corrected chi connectivity index (χ3v) is 4.00. The van der Waals surface area contributed by atoms with E-state index in [0.29, 0.717) is 34.1 Å². The molecule has 1 aromatic heterocycles. The molecule has 1 N–H and O–H groups in total. The molecule has 0 unspecified atom stereocenters. The van der Waals surface area contributed by atoms with Crippen LogP contribution in [-0.2, 0) is 11.3 Å².